The van der Waals surface area contributed by atoms with Gasteiger partial charge in [-0.2, -0.15) is 0 Å². The molecule has 140 valence electrons. The molecule has 3 N–H and O–H groups in total. The van der Waals surface area contributed by atoms with Gasteiger partial charge < -0.3 is 20.2 Å². The third-order valence-corrected chi connectivity index (χ3v) is 5.36. The second-order valence-electron chi connectivity index (χ2n) is 5.77. The highest BCUT2D eigenvalue weighted by molar-refractivity contribution is 7.10. The Morgan fingerprint density at radius 1 is 1.07 bits per heavy atom. The first kappa shape index (κ1) is 19.2. The van der Waals surface area contributed by atoms with Crippen LogP contribution in [0.2, 0.25) is 5.02 Å². The van der Waals surface area contributed by atoms with E-state index in [2.05, 4.69) is 10.6 Å². The van der Waals surface area contributed by atoms with Crippen LogP contribution >= 0.6 is 22.9 Å². The number of hydrogen-bond donors (Lipinski definition) is 3. The van der Waals surface area contributed by atoms with Crippen molar-refractivity contribution in [3.8, 4) is 0 Å². The Kier molecular flexibility index (Phi) is 5.95. The molecule has 8 heteroatoms. The van der Waals surface area contributed by atoms with Gasteiger partial charge in [-0.05, 0) is 35.2 Å². The number of benzene rings is 1. The lowest BCUT2D eigenvalue weighted by Gasteiger charge is -2.25. The number of carbonyl (C=O) groups excluding carboxylic acids is 2. The number of hydrogen-bond acceptors (Lipinski definition) is 5. The molecule has 1 aromatic carbocycles. The second kappa shape index (κ2) is 8.39. The van der Waals surface area contributed by atoms with Crippen LogP contribution < -0.4 is 10.6 Å². The molecule has 0 fully saturated rings. The summed E-state index contributed by atoms with van der Waals surface area (Å²) in [6.07, 6.45) is 1.44. The maximum absolute atomic E-state index is 12.1. The average Bonchev–Trinajstić information content (AvgIpc) is 3.39. The summed E-state index contributed by atoms with van der Waals surface area (Å²) in [4.78, 5) is 24.8. The topological polar surface area (TPSA) is 91.6 Å². The second-order valence-corrected chi connectivity index (χ2v) is 7.13. The van der Waals surface area contributed by atoms with Crippen molar-refractivity contribution >= 4 is 34.8 Å². The summed E-state index contributed by atoms with van der Waals surface area (Å²) in [5, 5.41) is 18.3. The summed E-state index contributed by atoms with van der Waals surface area (Å²) in [6.45, 7) is -0.0846. The number of nitrogens with one attached hydrogen (secondary N) is 2. The molecular formula is C19H17ClN2O4S. The number of carbonyl (C=O) groups is 2. The number of amides is 2. The summed E-state index contributed by atoms with van der Waals surface area (Å²) < 4.78 is 5.32. The lowest BCUT2D eigenvalue weighted by atomic mass is 9.98. The molecule has 0 saturated carbocycles. The Balaban J connectivity index is 1.63. The van der Waals surface area contributed by atoms with Crippen LogP contribution in [0.3, 0.4) is 0 Å². The van der Waals surface area contributed by atoms with Crippen molar-refractivity contribution in [1.29, 1.82) is 0 Å². The largest absolute Gasteiger partial charge is 0.466 e. The van der Waals surface area contributed by atoms with E-state index in [0.717, 1.165) is 0 Å². The van der Waals surface area contributed by atoms with Gasteiger partial charge in [0.05, 0.1) is 12.8 Å². The standard InChI is InChI=1S/C19H17ClN2O4S/c20-14-6-2-1-5-13(14)11-21-17(23)18(24)22-12-19(25,15-7-3-9-26-15)16-8-4-10-27-16/h1-10,25H,11-12H2,(H,21,23)(H,22,24). The zero-order valence-corrected chi connectivity index (χ0v) is 15.7. The molecule has 0 spiro atoms. The summed E-state index contributed by atoms with van der Waals surface area (Å²) in [7, 11) is 0. The van der Waals surface area contributed by atoms with Gasteiger partial charge in [0.15, 0.2) is 5.60 Å². The lowest BCUT2D eigenvalue weighted by Crippen LogP contribution is -2.46. The van der Waals surface area contributed by atoms with E-state index >= 15 is 0 Å². The molecule has 0 bridgehead atoms. The maximum atomic E-state index is 12.1. The van der Waals surface area contributed by atoms with Crippen LogP contribution in [0.1, 0.15) is 16.2 Å². The third-order valence-electron chi connectivity index (χ3n) is 3.97. The van der Waals surface area contributed by atoms with Gasteiger partial charge in [-0.3, -0.25) is 9.59 Å². The van der Waals surface area contributed by atoms with Gasteiger partial charge in [0.2, 0.25) is 0 Å². The van der Waals surface area contributed by atoms with Gasteiger partial charge in [-0.1, -0.05) is 35.9 Å². The minimum Gasteiger partial charge on any atom is -0.466 e. The van der Waals surface area contributed by atoms with Crippen LogP contribution in [0.25, 0.3) is 0 Å². The van der Waals surface area contributed by atoms with Crippen molar-refractivity contribution in [1.82, 2.24) is 10.6 Å². The first-order valence-corrected chi connectivity index (χ1v) is 9.36. The number of aliphatic hydroxyl groups is 1. The Labute approximate surface area is 164 Å². The Morgan fingerprint density at radius 2 is 1.85 bits per heavy atom. The highest BCUT2D eigenvalue weighted by Crippen LogP contribution is 2.32. The van der Waals surface area contributed by atoms with E-state index in [9.17, 15) is 14.7 Å². The van der Waals surface area contributed by atoms with Gasteiger partial charge in [-0.15, -0.1) is 11.3 Å². The third kappa shape index (κ3) is 4.39. The predicted octanol–water partition coefficient (Wildman–Crippen LogP) is 2.66. The molecule has 2 amide bonds. The van der Waals surface area contributed by atoms with Gasteiger partial charge in [0.25, 0.3) is 0 Å². The van der Waals surface area contributed by atoms with E-state index in [1.165, 1.54) is 17.6 Å². The summed E-state index contributed by atoms with van der Waals surface area (Å²) in [5.41, 5.74) is -0.859. The van der Waals surface area contributed by atoms with Gasteiger partial charge >= 0.3 is 11.8 Å². The maximum Gasteiger partial charge on any atom is 0.309 e. The SMILES string of the molecule is O=C(NCc1ccccc1Cl)C(=O)NCC(O)(c1ccco1)c1cccs1. The summed E-state index contributed by atoms with van der Waals surface area (Å²) in [5.74, 6) is -1.40. The van der Waals surface area contributed by atoms with Crippen LogP contribution in [-0.4, -0.2) is 23.5 Å². The van der Waals surface area contributed by atoms with Crippen molar-refractivity contribution in [2.24, 2.45) is 0 Å². The molecule has 0 aliphatic rings. The van der Waals surface area contributed by atoms with Gasteiger partial charge in [0, 0.05) is 16.4 Å². The van der Waals surface area contributed by atoms with E-state index in [4.69, 9.17) is 16.0 Å². The monoisotopic (exact) mass is 404 g/mol. The number of furan rings is 1. The smallest absolute Gasteiger partial charge is 0.309 e. The van der Waals surface area contributed by atoms with Crippen LogP contribution in [0.5, 0.6) is 0 Å². The van der Waals surface area contributed by atoms with Crippen molar-refractivity contribution in [3.05, 3.63) is 81.4 Å². The molecule has 27 heavy (non-hydrogen) atoms. The average molecular weight is 405 g/mol. The summed E-state index contributed by atoms with van der Waals surface area (Å²) >= 11 is 7.35. The fourth-order valence-electron chi connectivity index (χ4n) is 2.51. The minimum atomic E-state index is -1.56. The molecule has 0 aliphatic carbocycles. The molecule has 1 atom stereocenters. The molecule has 3 rings (SSSR count). The van der Waals surface area contributed by atoms with E-state index < -0.39 is 17.4 Å². The van der Waals surface area contributed by atoms with E-state index in [0.29, 0.717) is 15.5 Å². The van der Waals surface area contributed by atoms with Crippen molar-refractivity contribution in [3.63, 3.8) is 0 Å². The van der Waals surface area contributed by atoms with Gasteiger partial charge in [0.1, 0.15) is 5.76 Å². The quantitative estimate of drug-likeness (QED) is 0.551. The zero-order chi connectivity index (χ0) is 19.3. The normalized spacial score (nSPS) is 13.0. The zero-order valence-electron chi connectivity index (χ0n) is 14.1. The molecule has 6 nitrogen and oxygen atoms in total. The van der Waals surface area contributed by atoms with E-state index in [1.807, 2.05) is 0 Å². The molecule has 3 aromatic rings. The molecular weight excluding hydrogens is 388 g/mol. The number of halogens is 1. The Morgan fingerprint density at radius 3 is 2.52 bits per heavy atom. The van der Waals surface area contributed by atoms with Gasteiger partial charge in [-0.25, -0.2) is 0 Å². The minimum absolute atomic E-state index is 0.124. The molecule has 2 aromatic heterocycles. The summed E-state index contributed by atoms with van der Waals surface area (Å²) in [6, 6.07) is 13.8. The first-order valence-electron chi connectivity index (χ1n) is 8.10. The molecule has 0 saturated heterocycles. The molecule has 0 aliphatic heterocycles. The van der Waals surface area contributed by atoms with Crippen LogP contribution in [0, 0.1) is 0 Å². The highest BCUT2D eigenvalue weighted by Gasteiger charge is 2.36. The van der Waals surface area contributed by atoms with Crippen molar-refractivity contribution in [2.45, 2.75) is 12.1 Å². The fraction of sp³-hybridized carbons (Fsp3) is 0.158. The predicted molar refractivity (Wildman–Crippen MR) is 102 cm³/mol. The van der Waals surface area contributed by atoms with Crippen LogP contribution in [0.4, 0.5) is 0 Å². The fourth-order valence-corrected chi connectivity index (χ4v) is 3.54. The first-order chi connectivity index (χ1) is 13.0. The Hall–Kier alpha value is -2.61. The van der Waals surface area contributed by atoms with Crippen molar-refractivity contribution in [2.75, 3.05) is 6.54 Å². The molecule has 1 unspecified atom stereocenters. The van der Waals surface area contributed by atoms with Crippen LogP contribution in [0.15, 0.2) is 64.6 Å². The molecule has 2 heterocycles. The van der Waals surface area contributed by atoms with E-state index in [-0.39, 0.29) is 18.8 Å². The lowest BCUT2D eigenvalue weighted by molar-refractivity contribution is -0.139. The highest BCUT2D eigenvalue weighted by atomic mass is 35.5. The van der Waals surface area contributed by atoms with Crippen LogP contribution in [-0.2, 0) is 21.7 Å². The van der Waals surface area contributed by atoms with Crippen molar-refractivity contribution < 1.29 is 19.1 Å². The Bertz CT molecular complexity index is 875. The number of rotatable bonds is 6. The molecule has 0 radical (unpaired) electrons. The number of thiophene rings is 1. The van der Waals surface area contributed by atoms with E-state index in [1.54, 1.807) is 53.9 Å².